The molecule has 0 aliphatic carbocycles. The molecule has 25 heavy (non-hydrogen) atoms. The van der Waals surface area contributed by atoms with E-state index < -0.39 is 12.1 Å². The molecule has 0 aliphatic rings. The van der Waals surface area contributed by atoms with Gasteiger partial charge in [-0.25, -0.2) is 0 Å². The van der Waals surface area contributed by atoms with Crippen molar-refractivity contribution >= 4 is 34.8 Å². The first kappa shape index (κ1) is 18.7. The lowest BCUT2D eigenvalue weighted by atomic mass is 10.1. The van der Waals surface area contributed by atoms with Gasteiger partial charge in [0.2, 0.25) is 5.91 Å². The first-order valence-electron chi connectivity index (χ1n) is 7.83. The summed E-state index contributed by atoms with van der Waals surface area (Å²) in [6, 6.07) is 8.85. The van der Waals surface area contributed by atoms with Crippen LogP contribution in [0.4, 0.5) is 5.69 Å². The van der Waals surface area contributed by atoms with Gasteiger partial charge < -0.3 is 15.4 Å². The SMILES string of the molecule is CC(=O)Nc1cccc(C(C)OC(=O)CCNC(=O)c2ccsc2)c1. The molecule has 2 rings (SSSR count). The van der Waals surface area contributed by atoms with Crippen molar-refractivity contribution < 1.29 is 19.1 Å². The smallest absolute Gasteiger partial charge is 0.308 e. The molecule has 2 N–H and O–H groups in total. The van der Waals surface area contributed by atoms with Crippen LogP contribution in [0, 0.1) is 0 Å². The highest BCUT2D eigenvalue weighted by molar-refractivity contribution is 7.08. The second-order valence-electron chi connectivity index (χ2n) is 5.46. The molecule has 0 saturated carbocycles. The Labute approximate surface area is 150 Å². The molecule has 0 spiro atoms. The van der Waals surface area contributed by atoms with Crippen LogP contribution in [-0.2, 0) is 14.3 Å². The molecule has 132 valence electrons. The van der Waals surface area contributed by atoms with Crippen LogP contribution in [-0.4, -0.2) is 24.3 Å². The summed E-state index contributed by atoms with van der Waals surface area (Å²) in [5.74, 6) is -0.767. The molecule has 2 aromatic rings. The van der Waals surface area contributed by atoms with Gasteiger partial charge in [0.25, 0.3) is 5.91 Å². The van der Waals surface area contributed by atoms with E-state index in [1.165, 1.54) is 18.3 Å². The summed E-state index contributed by atoms with van der Waals surface area (Å²) in [7, 11) is 0. The summed E-state index contributed by atoms with van der Waals surface area (Å²) in [5.41, 5.74) is 2.01. The third-order valence-electron chi connectivity index (χ3n) is 3.38. The number of nitrogens with one attached hydrogen (secondary N) is 2. The summed E-state index contributed by atoms with van der Waals surface area (Å²) in [6.45, 7) is 3.40. The summed E-state index contributed by atoms with van der Waals surface area (Å²) >= 11 is 1.44. The topological polar surface area (TPSA) is 84.5 Å². The first-order valence-corrected chi connectivity index (χ1v) is 8.77. The Hall–Kier alpha value is -2.67. The first-order chi connectivity index (χ1) is 12.0. The van der Waals surface area contributed by atoms with Crippen LogP contribution < -0.4 is 10.6 Å². The van der Waals surface area contributed by atoms with Crippen molar-refractivity contribution in [3.8, 4) is 0 Å². The average molecular weight is 360 g/mol. The van der Waals surface area contributed by atoms with E-state index in [0.717, 1.165) is 5.56 Å². The number of hydrogen-bond donors (Lipinski definition) is 2. The molecule has 1 heterocycles. The van der Waals surface area contributed by atoms with Crippen molar-refractivity contribution in [1.29, 1.82) is 0 Å². The largest absolute Gasteiger partial charge is 0.458 e. The maximum Gasteiger partial charge on any atom is 0.308 e. The predicted molar refractivity (Wildman–Crippen MR) is 96.5 cm³/mol. The van der Waals surface area contributed by atoms with Gasteiger partial charge >= 0.3 is 5.97 Å². The van der Waals surface area contributed by atoms with Crippen molar-refractivity contribution in [2.24, 2.45) is 0 Å². The van der Waals surface area contributed by atoms with Gasteiger partial charge in [0.15, 0.2) is 0 Å². The summed E-state index contributed by atoms with van der Waals surface area (Å²) in [4.78, 5) is 34.8. The van der Waals surface area contributed by atoms with E-state index in [4.69, 9.17) is 4.74 Å². The van der Waals surface area contributed by atoms with Crippen molar-refractivity contribution in [2.75, 3.05) is 11.9 Å². The van der Waals surface area contributed by atoms with Crippen LogP contribution in [0.1, 0.15) is 42.3 Å². The Morgan fingerprint density at radius 2 is 2.04 bits per heavy atom. The lowest BCUT2D eigenvalue weighted by Crippen LogP contribution is -2.26. The van der Waals surface area contributed by atoms with Gasteiger partial charge in [-0.15, -0.1) is 0 Å². The standard InChI is InChI=1S/C18H20N2O4S/c1-12(14-4-3-5-16(10-14)20-13(2)21)24-17(22)6-8-19-18(23)15-7-9-25-11-15/h3-5,7,9-12H,6,8H2,1-2H3,(H,19,23)(H,20,21). The molecule has 6 nitrogen and oxygen atoms in total. The van der Waals surface area contributed by atoms with E-state index in [1.807, 2.05) is 11.4 Å². The minimum Gasteiger partial charge on any atom is -0.458 e. The maximum atomic E-state index is 11.9. The van der Waals surface area contributed by atoms with Gasteiger partial charge in [-0.1, -0.05) is 12.1 Å². The van der Waals surface area contributed by atoms with Gasteiger partial charge in [-0.2, -0.15) is 11.3 Å². The van der Waals surface area contributed by atoms with Crippen molar-refractivity contribution in [1.82, 2.24) is 5.32 Å². The van der Waals surface area contributed by atoms with E-state index in [2.05, 4.69) is 10.6 Å². The fourth-order valence-electron chi connectivity index (χ4n) is 2.17. The lowest BCUT2D eigenvalue weighted by Gasteiger charge is -2.15. The zero-order valence-electron chi connectivity index (χ0n) is 14.1. The highest BCUT2D eigenvalue weighted by atomic mass is 32.1. The van der Waals surface area contributed by atoms with E-state index in [-0.39, 0.29) is 24.8 Å². The zero-order chi connectivity index (χ0) is 18.2. The number of rotatable bonds is 7. The van der Waals surface area contributed by atoms with E-state index >= 15 is 0 Å². The number of esters is 1. The van der Waals surface area contributed by atoms with E-state index in [0.29, 0.717) is 11.3 Å². The van der Waals surface area contributed by atoms with Crippen LogP contribution in [0.15, 0.2) is 41.1 Å². The number of amides is 2. The third kappa shape index (κ3) is 6.04. The molecular weight excluding hydrogens is 340 g/mol. The van der Waals surface area contributed by atoms with Crippen molar-refractivity contribution in [2.45, 2.75) is 26.4 Å². The molecule has 1 aromatic heterocycles. The van der Waals surface area contributed by atoms with E-state index in [1.54, 1.807) is 36.6 Å². The molecule has 0 aliphatic heterocycles. The second kappa shape index (κ2) is 8.98. The second-order valence-corrected chi connectivity index (χ2v) is 6.24. The highest BCUT2D eigenvalue weighted by Crippen LogP contribution is 2.21. The molecule has 0 saturated heterocycles. The van der Waals surface area contributed by atoms with Crippen LogP contribution in [0.25, 0.3) is 0 Å². The normalized spacial score (nSPS) is 11.4. The fraction of sp³-hybridized carbons (Fsp3) is 0.278. The van der Waals surface area contributed by atoms with Crippen molar-refractivity contribution in [3.63, 3.8) is 0 Å². The summed E-state index contributed by atoms with van der Waals surface area (Å²) in [5, 5.41) is 8.93. The lowest BCUT2D eigenvalue weighted by molar-refractivity contribution is -0.148. The predicted octanol–water partition coefficient (Wildman–Crippen LogP) is 3.13. The minimum atomic E-state index is -0.450. The molecule has 1 aromatic carbocycles. The average Bonchev–Trinajstić information content (AvgIpc) is 3.09. The summed E-state index contributed by atoms with van der Waals surface area (Å²) < 4.78 is 5.37. The van der Waals surface area contributed by atoms with Gasteiger partial charge in [-0.3, -0.25) is 14.4 Å². The number of hydrogen-bond acceptors (Lipinski definition) is 5. The monoisotopic (exact) mass is 360 g/mol. The van der Waals surface area contributed by atoms with Crippen LogP contribution in [0.2, 0.25) is 0 Å². The number of carbonyl (C=O) groups excluding carboxylic acids is 3. The molecule has 0 radical (unpaired) electrons. The maximum absolute atomic E-state index is 11.9. The molecule has 0 fully saturated rings. The minimum absolute atomic E-state index is 0.0889. The number of anilines is 1. The van der Waals surface area contributed by atoms with Gasteiger partial charge in [0, 0.05) is 30.1 Å². The zero-order valence-corrected chi connectivity index (χ0v) is 14.9. The summed E-state index contributed by atoms with van der Waals surface area (Å²) in [6.07, 6.45) is -0.361. The van der Waals surface area contributed by atoms with Crippen LogP contribution in [0.5, 0.6) is 0 Å². The molecule has 1 atom stereocenters. The quantitative estimate of drug-likeness (QED) is 0.743. The number of carbonyl (C=O) groups is 3. The molecular formula is C18H20N2O4S. The Balaban J connectivity index is 1.79. The molecule has 1 unspecified atom stereocenters. The Morgan fingerprint density at radius 3 is 2.72 bits per heavy atom. The van der Waals surface area contributed by atoms with Crippen LogP contribution in [0.3, 0.4) is 0 Å². The van der Waals surface area contributed by atoms with Gasteiger partial charge in [0.05, 0.1) is 6.42 Å². The Morgan fingerprint density at radius 1 is 1.24 bits per heavy atom. The van der Waals surface area contributed by atoms with Gasteiger partial charge in [-0.05, 0) is 36.1 Å². The number of benzene rings is 1. The molecule has 0 bridgehead atoms. The Bertz CT molecular complexity index is 743. The van der Waals surface area contributed by atoms with E-state index in [9.17, 15) is 14.4 Å². The van der Waals surface area contributed by atoms with Crippen molar-refractivity contribution in [3.05, 3.63) is 52.2 Å². The molecule has 7 heteroatoms. The molecule has 2 amide bonds. The highest BCUT2D eigenvalue weighted by Gasteiger charge is 2.13. The van der Waals surface area contributed by atoms with Crippen LogP contribution >= 0.6 is 11.3 Å². The number of ether oxygens (including phenoxy) is 1. The van der Waals surface area contributed by atoms with Gasteiger partial charge in [0.1, 0.15) is 6.10 Å². The third-order valence-corrected chi connectivity index (χ3v) is 4.07. The Kier molecular flexibility index (Phi) is 6.71. The number of thiophene rings is 1. The fourth-order valence-corrected chi connectivity index (χ4v) is 2.81.